The zero-order chi connectivity index (χ0) is 14.9. The van der Waals surface area contributed by atoms with Crippen LogP contribution >= 0.6 is 34.8 Å². The van der Waals surface area contributed by atoms with Crippen LogP contribution in [0.3, 0.4) is 0 Å². The highest BCUT2D eigenvalue weighted by atomic mass is 35.5. The standard InChI is InChI=1S/C12H7Cl3FNO2S/c13-9-3-2-8(6-10(9)14)20(18,19)17-12-4-1-7(16)5-11(12)15/h1-6,17H. The lowest BCUT2D eigenvalue weighted by atomic mass is 10.3. The van der Waals surface area contributed by atoms with E-state index in [2.05, 4.69) is 4.72 Å². The molecule has 0 amide bonds. The van der Waals surface area contributed by atoms with E-state index in [1.54, 1.807) is 0 Å². The number of anilines is 1. The maximum absolute atomic E-state index is 12.9. The Morgan fingerprint density at radius 3 is 2.20 bits per heavy atom. The molecule has 0 radical (unpaired) electrons. The van der Waals surface area contributed by atoms with Gasteiger partial charge in [-0.1, -0.05) is 34.8 Å². The average Bonchev–Trinajstić information content (AvgIpc) is 2.36. The molecule has 0 heterocycles. The summed E-state index contributed by atoms with van der Waals surface area (Å²) in [5.74, 6) is -0.563. The molecule has 1 N–H and O–H groups in total. The molecule has 0 saturated heterocycles. The Kier molecular flexibility index (Phi) is 4.44. The molecule has 0 spiro atoms. The summed E-state index contributed by atoms with van der Waals surface area (Å²) in [7, 11) is -3.89. The molecule has 106 valence electrons. The molecular formula is C12H7Cl3FNO2S. The summed E-state index contributed by atoms with van der Waals surface area (Å²) in [6, 6.07) is 7.21. The maximum Gasteiger partial charge on any atom is 0.261 e. The van der Waals surface area contributed by atoms with Gasteiger partial charge in [0.25, 0.3) is 10.0 Å². The zero-order valence-electron chi connectivity index (χ0n) is 9.70. The van der Waals surface area contributed by atoms with Gasteiger partial charge in [0.1, 0.15) is 5.82 Å². The second-order valence-corrected chi connectivity index (χ2v) is 6.71. The first-order valence-corrected chi connectivity index (χ1v) is 7.84. The molecular weight excluding hydrogens is 348 g/mol. The Hall–Kier alpha value is -1.01. The molecule has 0 aliphatic carbocycles. The summed E-state index contributed by atoms with van der Waals surface area (Å²) < 4.78 is 39.4. The van der Waals surface area contributed by atoms with Gasteiger partial charge in [-0.25, -0.2) is 12.8 Å². The molecule has 0 bridgehead atoms. The summed E-state index contributed by atoms with van der Waals surface area (Å²) in [6.45, 7) is 0. The van der Waals surface area contributed by atoms with Crippen molar-refractivity contribution in [2.45, 2.75) is 4.90 Å². The van der Waals surface area contributed by atoms with Gasteiger partial charge in [0.15, 0.2) is 0 Å². The molecule has 2 aromatic rings. The van der Waals surface area contributed by atoms with Crippen LogP contribution in [0.1, 0.15) is 0 Å². The molecule has 8 heteroatoms. The number of rotatable bonds is 3. The topological polar surface area (TPSA) is 46.2 Å². The Morgan fingerprint density at radius 2 is 1.60 bits per heavy atom. The van der Waals surface area contributed by atoms with Crippen LogP contribution in [0.25, 0.3) is 0 Å². The van der Waals surface area contributed by atoms with Gasteiger partial charge in [-0.2, -0.15) is 0 Å². The highest BCUT2D eigenvalue weighted by Gasteiger charge is 2.17. The van der Waals surface area contributed by atoms with Crippen molar-refractivity contribution in [1.29, 1.82) is 0 Å². The zero-order valence-corrected chi connectivity index (χ0v) is 12.8. The van der Waals surface area contributed by atoms with E-state index in [0.29, 0.717) is 0 Å². The van der Waals surface area contributed by atoms with Gasteiger partial charge < -0.3 is 0 Å². The molecule has 0 aliphatic rings. The van der Waals surface area contributed by atoms with Crippen LogP contribution in [0.2, 0.25) is 15.1 Å². The lowest BCUT2D eigenvalue weighted by Gasteiger charge is -2.10. The van der Waals surface area contributed by atoms with Gasteiger partial charge >= 0.3 is 0 Å². The smallest absolute Gasteiger partial charge is 0.261 e. The van der Waals surface area contributed by atoms with Crippen LogP contribution in [-0.2, 0) is 10.0 Å². The van der Waals surface area contributed by atoms with Gasteiger partial charge in [0.2, 0.25) is 0 Å². The highest BCUT2D eigenvalue weighted by molar-refractivity contribution is 7.92. The molecule has 0 aliphatic heterocycles. The van der Waals surface area contributed by atoms with Crippen LogP contribution in [0, 0.1) is 5.82 Å². The van der Waals surface area contributed by atoms with Gasteiger partial charge in [-0.15, -0.1) is 0 Å². The lowest BCUT2D eigenvalue weighted by molar-refractivity contribution is 0.601. The van der Waals surface area contributed by atoms with E-state index in [9.17, 15) is 12.8 Å². The Labute approximate surface area is 130 Å². The van der Waals surface area contributed by atoms with Gasteiger partial charge in [0.05, 0.1) is 25.7 Å². The van der Waals surface area contributed by atoms with E-state index in [0.717, 1.165) is 12.1 Å². The van der Waals surface area contributed by atoms with Crippen LogP contribution < -0.4 is 4.72 Å². The van der Waals surface area contributed by atoms with Crippen molar-refractivity contribution in [2.24, 2.45) is 0 Å². The normalized spacial score (nSPS) is 11.4. The van der Waals surface area contributed by atoms with Crippen LogP contribution in [0.15, 0.2) is 41.3 Å². The maximum atomic E-state index is 12.9. The molecule has 20 heavy (non-hydrogen) atoms. The third-order valence-electron chi connectivity index (χ3n) is 2.38. The number of benzene rings is 2. The van der Waals surface area contributed by atoms with E-state index in [4.69, 9.17) is 34.8 Å². The molecule has 0 aromatic heterocycles. The summed E-state index contributed by atoms with van der Waals surface area (Å²) in [6.07, 6.45) is 0. The summed E-state index contributed by atoms with van der Waals surface area (Å²) >= 11 is 17.3. The summed E-state index contributed by atoms with van der Waals surface area (Å²) in [4.78, 5) is -0.0766. The number of halogens is 4. The SMILES string of the molecule is O=S(=O)(Nc1ccc(F)cc1Cl)c1ccc(Cl)c(Cl)c1. The largest absolute Gasteiger partial charge is 0.278 e. The minimum Gasteiger partial charge on any atom is -0.278 e. The quantitative estimate of drug-likeness (QED) is 0.876. The third kappa shape index (κ3) is 3.35. The van der Waals surface area contributed by atoms with Gasteiger partial charge in [-0.3, -0.25) is 4.72 Å². The average molecular weight is 355 g/mol. The number of hydrogen-bond donors (Lipinski definition) is 1. The van der Waals surface area contributed by atoms with Crippen LogP contribution in [0.5, 0.6) is 0 Å². The number of nitrogens with one attached hydrogen (secondary N) is 1. The lowest BCUT2D eigenvalue weighted by Crippen LogP contribution is -2.13. The van der Waals surface area contributed by atoms with Crippen molar-refractivity contribution in [2.75, 3.05) is 4.72 Å². The second-order valence-electron chi connectivity index (χ2n) is 3.81. The first-order chi connectivity index (χ1) is 9.29. The van der Waals surface area contributed by atoms with Crippen molar-refractivity contribution in [1.82, 2.24) is 0 Å². The van der Waals surface area contributed by atoms with Gasteiger partial charge in [0, 0.05) is 0 Å². The molecule has 0 unspecified atom stereocenters. The Balaban J connectivity index is 2.38. The van der Waals surface area contributed by atoms with E-state index in [1.807, 2.05) is 0 Å². The molecule has 0 atom stereocenters. The molecule has 2 aromatic carbocycles. The first-order valence-electron chi connectivity index (χ1n) is 5.22. The fourth-order valence-corrected chi connectivity index (χ4v) is 3.16. The summed E-state index contributed by atoms with van der Waals surface area (Å²) in [5, 5.41) is 0.304. The Bertz CT molecular complexity index is 765. The molecule has 0 fully saturated rings. The van der Waals surface area contributed by atoms with Gasteiger partial charge in [-0.05, 0) is 36.4 Å². The molecule has 0 saturated carbocycles. The third-order valence-corrected chi connectivity index (χ3v) is 4.79. The van der Waals surface area contributed by atoms with E-state index < -0.39 is 15.8 Å². The highest BCUT2D eigenvalue weighted by Crippen LogP contribution is 2.28. The van der Waals surface area contributed by atoms with Crippen LogP contribution in [0.4, 0.5) is 10.1 Å². The molecule has 2 rings (SSSR count). The van der Waals surface area contributed by atoms with E-state index in [1.165, 1.54) is 24.3 Å². The molecule has 3 nitrogen and oxygen atoms in total. The number of hydrogen-bond acceptors (Lipinski definition) is 2. The predicted molar refractivity (Wildman–Crippen MR) is 78.7 cm³/mol. The first kappa shape index (κ1) is 15.4. The minimum atomic E-state index is -3.89. The fourth-order valence-electron chi connectivity index (χ4n) is 1.42. The van der Waals surface area contributed by atoms with Crippen molar-refractivity contribution in [3.8, 4) is 0 Å². The Morgan fingerprint density at radius 1 is 0.900 bits per heavy atom. The van der Waals surface area contributed by atoms with Crippen molar-refractivity contribution in [3.05, 3.63) is 57.3 Å². The predicted octanol–water partition coefficient (Wildman–Crippen LogP) is 4.59. The van der Waals surface area contributed by atoms with Crippen LogP contribution in [-0.4, -0.2) is 8.42 Å². The van der Waals surface area contributed by atoms with Crippen molar-refractivity contribution in [3.63, 3.8) is 0 Å². The van der Waals surface area contributed by atoms with E-state index in [-0.39, 0.29) is 25.7 Å². The monoisotopic (exact) mass is 353 g/mol. The second kappa shape index (κ2) is 5.77. The van der Waals surface area contributed by atoms with Crippen molar-refractivity contribution < 1.29 is 12.8 Å². The summed E-state index contributed by atoms with van der Waals surface area (Å²) in [5.41, 5.74) is 0.0686. The van der Waals surface area contributed by atoms with E-state index >= 15 is 0 Å². The number of sulfonamides is 1. The fraction of sp³-hybridized carbons (Fsp3) is 0. The van der Waals surface area contributed by atoms with Crippen molar-refractivity contribution >= 4 is 50.5 Å². The minimum absolute atomic E-state index is 0.0476.